The first-order chi connectivity index (χ1) is 13.7. The average Bonchev–Trinajstić information content (AvgIpc) is 3.21. The quantitative estimate of drug-likeness (QED) is 0.492. The van der Waals surface area contributed by atoms with Crippen molar-refractivity contribution in [3.05, 3.63) is 39.4 Å². The van der Waals surface area contributed by atoms with Crippen LogP contribution in [0.15, 0.2) is 18.2 Å². The Labute approximate surface area is 180 Å². The van der Waals surface area contributed by atoms with E-state index in [2.05, 4.69) is 4.90 Å². The SMILES string of the molecule is CN(C(=O)Cc1cccc(C(F)(F)F)c1[N+](=O)[O-])[C@@H]1CCCC[C@H]1N1CCCC1.Cl. The van der Waals surface area contributed by atoms with Crippen molar-refractivity contribution in [3.63, 3.8) is 0 Å². The number of rotatable bonds is 5. The number of nitrogens with zero attached hydrogens (tertiary/aromatic N) is 3. The molecule has 0 aromatic heterocycles. The van der Waals surface area contributed by atoms with Gasteiger partial charge in [-0.15, -0.1) is 12.4 Å². The molecule has 6 nitrogen and oxygen atoms in total. The molecule has 2 fully saturated rings. The van der Waals surface area contributed by atoms with Gasteiger partial charge in [-0.05, 0) is 44.8 Å². The smallest absolute Gasteiger partial charge is 0.341 e. The Morgan fingerprint density at radius 3 is 2.43 bits per heavy atom. The molecule has 1 saturated heterocycles. The first-order valence-corrected chi connectivity index (χ1v) is 10.0. The minimum absolute atomic E-state index is 0. The molecule has 1 aromatic rings. The minimum Gasteiger partial charge on any atom is -0.341 e. The van der Waals surface area contributed by atoms with E-state index in [9.17, 15) is 28.1 Å². The summed E-state index contributed by atoms with van der Waals surface area (Å²) in [6.07, 6.45) is 0.932. The van der Waals surface area contributed by atoms with Crippen molar-refractivity contribution in [1.82, 2.24) is 9.80 Å². The zero-order valence-corrected chi connectivity index (χ0v) is 17.7. The highest BCUT2D eigenvalue weighted by atomic mass is 35.5. The molecule has 1 aromatic carbocycles. The summed E-state index contributed by atoms with van der Waals surface area (Å²) < 4.78 is 39.6. The molecular formula is C20H27ClF3N3O3. The van der Waals surface area contributed by atoms with Gasteiger partial charge in [0.05, 0.1) is 11.3 Å². The molecule has 1 aliphatic heterocycles. The van der Waals surface area contributed by atoms with Gasteiger partial charge in [0.25, 0.3) is 5.69 Å². The van der Waals surface area contributed by atoms with Gasteiger partial charge in [0.2, 0.25) is 5.91 Å². The number of benzene rings is 1. The van der Waals surface area contributed by atoms with Gasteiger partial charge in [-0.25, -0.2) is 0 Å². The van der Waals surface area contributed by atoms with Gasteiger partial charge in [-0.1, -0.05) is 25.0 Å². The molecule has 0 bridgehead atoms. The van der Waals surface area contributed by atoms with Crippen LogP contribution in [0.2, 0.25) is 0 Å². The average molecular weight is 450 g/mol. The molecule has 1 saturated carbocycles. The predicted octanol–water partition coefficient (Wildman–Crippen LogP) is 4.44. The van der Waals surface area contributed by atoms with Crippen molar-refractivity contribution in [3.8, 4) is 0 Å². The monoisotopic (exact) mass is 449 g/mol. The normalized spacial score (nSPS) is 22.4. The Balaban J connectivity index is 0.00000320. The van der Waals surface area contributed by atoms with E-state index in [-0.39, 0.29) is 36.0 Å². The molecule has 1 amide bonds. The highest BCUT2D eigenvalue weighted by Crippen LogP contribution is 2.38. The molecule has 2 aliphatic rings. The molecule has 0 unspecified atom stereocenters. The lowest BCUT2D eigenvalue weighted by Gasteiger charge is -2.42. The standard InChI is InChI=1S/C20H26F3N3O3.ClH/c1-24(16-9-2-3-10-17(16)25-11-4-5-12-25)18(27)13-14-7-6-8-15(20(21,22)23)19(14)26(28)29;/h6-8,16-17H,2-5,9-13H2,1H3;1H/t16-,17-;/m1./s1. The highest BCUT2D eigenvalue weighted by Gasteiger charge is 2.40. The lowest BCUT2D eigenvalue weighted by atomic mass is 9.88. The van der Waals surface area contributed by atoms with Gasteiger partial charge < -0.3 is 4.90 Å². The number of likely N-dealkylation sites (tertiary alicyclic amines) is 1. The van der Waals surface area contributed by atoms with Crippen molar-refractivity contribution in [2.75, 3.05) is 20.1 Å². The Kier molecular flexibility index (Phi) is 8.10. The fourth-order valence-corrected chi connectivity index (χ4v) is 4.69. The van der Waals surface area contributed by atoms with Crippen LogP contribution in [0.3, 0.4) is 0 Å². The van der Waals surface area contributed by atoms with Crippen LogP contribution in [0.4, 0.5) is 18.9 Å². The molecule has 3 rings (SSSR count). The van der Waals surface area contributed by atoms with Crippen LogP contribution in [0, 0.1) is 10.1 Å². The van der Waals surface area contributed by atoms with Crippen LogP contribution < -0.4 is 0 Å². The molecule has 168 valence electrons. The summed E-state index contributed by atoms with van der Waals surface area (Å²) in [4.78, 5) is 27.2. The van der Waals surface area contributed by atoms with Gasteiger partial charge in [0.1, 0.15) is 5.56 Å². The van der Waals surface area contributed by atoms with Crippen molar-refractivity contribution < 1.29 is 22.9 Å². The number of para-hydroxylation sites is 1. The third-order valence-corrected chi connectivity index (χ3v) is 6.14. The summed E-state index contributed by atoms with van der Waals surface area (Å²) in [6, 6.07) is 3.26. The van der Waals surface area contributed by atoms with Gasteiger partial charge in [0, 0.05) is 24.7 Å². The van der Waals surface area contributed by atoms with E-state index in [1.54, 1.807) is 11.9 Å². The Bertz CT molecular complexity index is 769. The number of carbonyl (C=O) groups is 1. The van der Waals surface area contributed by atoms with Crippen LogP contribution >= 0.6 is 12.4 Å². The second kappa shape index (κ2) is 9.96. The second-order valence-corrected chi connectivity index (χ2v) is 7.91. The van der Waals surface area contributed by atoms with Gasteiger partial charge >= 0.3 is 6.18 Å². The lowest BCUT2D eigenvalue weighted by molar-refractivity contribution is -0.388. The summed E-state index contributed by atoms with van der Waals surface area (Å²) in [5.41, 5.74) is -2.54. The number of nitro groups is 1. The van der Waals surface area contributed by atoms with E-state index in [0.29, 0.717) is 6.07 Å². The molecule has 30 heavy (non-hydrogen) atoms. The lowest BCUT2D eigenvalue weighted by Crippen LogP contribution is -2.53. The summed E-state index contributed by atoms with van der Waals surface area (Å²) in [5, 5.41) is 11.3. The van der Waals surface area contributed by atoms with E-state index in [1.807, 2.05) is 0 Å². The number of likely N-dealkylation sites (N-methyl/N-ethyl adjacent to an activating group) is 1. The van der Waals surface area contributed by atoms with Crippen molar-refractivity contribution >= 4 is 24.0 Å². The van der Waals surface area contributed by atoms with Crippen LogP contribution in [0.1, 0.15) is 49.7 Å². The van der Waals surface area contributed by atoms with Crippen LogP contribution in [-0.4, -0.2) is 52.9 Å². The van der Waals surface area contributed by atoms with Crippen molar-refractivity contribution in [1.29, 1.82) is 0 Å². The van der Waals surface area contributed by atoms with Crippen LogP contribution in [-0.2, 0) is 17.4 Å². The third kappa shape index (κ3) is 5.24. The van der Waals surface area contributed by atoms with Crippen LogP contribution in [0.5, 0.6) is 0 Å². The highest BCUT2D eigenvalue weighted by molar-refractivity contribution is 5.85. The summed E-state index contributed by atoms with van der Waals surface area (Å²) in [7, 11) is 1.67. The summed E-state index contributed by atoms with van der Waals surface area (Å²) in [5.74, 6) is -0.386. The van der Waals surface area contributed by atoms with E-state index in [1.165, 1.54) is 6.07 Å². The van der Waals surface area contributed by atoms with Crippen molar-refractivity contribution in [2.45, 2.75) is 63.2 Å². The van der Waals surface area contributed by atoms with E-state index in [0.717, 1.165) is 57.7 Å². The van der Waals surface area contributed by atoms with Gasteiger partial charge in [-0.3, -0.25) is 19.8 Å². The maximum absolute atomic E-state index is 13.2. The second-order valence-electron chi connectivity index (χ2n) is 7.91. The van der Waals surface area contributed by atoms with E-state index in [4.69, 9.17) is 0 Å². The number of alkyl halides is 3. The molecule has 0 spiro atoms. The summed E-state index contributed by atoms with van der Waals surface area (Å²) >= 11 is 0. The molecule has 2 atom stereocenters. The van der Waals surface area contributed by atoms with E-state index >= 15 is 0 Å². The molecule has 1 heterocycles. The zero-order valence-electron chi connectivity index (χ0n) is 16.9. The number of hydrogen-bond donors (Lipinski definition) is 0. The number of carbonyl (C=O) groups excluding carboxylic acids is 1. The fourth-order valence-electron chi connectivity index (χ4n) is 4.69. The Hall–Kier alpha value is -1.87. The molecule has 1 aliphatic carbocycles. The third-order valence-electron chi connectivity index (χ3n) is 6.14. The van der Waals surface area contributed by atoms with Gasteiger partial charge in [0.15, 0.2) is 0 Å². The summed E-state index contributed by atoms with van der Waals surface area (Å²) in [6.45, 7) is 2.00. The molecule has 0 N–H and O–H groups in total. The van der Waals surface area contributed by atoms with Gasteiger partial charge in [-0.2, -0.15) is 13.2 Å². The maximum Gasteiger partial charge on any atom is 0.423 e. The molecular weight excluding hydrogens is 423 g/mol. The number of hydrogen-bond acceptors (Lipinski definition) is 4. The number of nitro benzene ring substituents is 1. The molecule has 0 radical (unpaired) electrons. The van der Waals surface area contributed by atoms with E-state index < -0.39 is 28.8 Å². The van der Waals surface area contributed by atoms with Crippen molar-refractivity contribution in [2.24, 2.45) is 0 Å². The Morgan fingerprint density at radius 2 is 1.83 bits per heavy atom. The molecule has 10 heteroatoms. The maximum atomic E-state index is 13.2. The topological polar surface area (TPSA) is 66.7 Å². The predicted molar refractivity (Wildman–Crippen MR) is 109 cm³/mol. The fraction of sp³-hybridized carbons (Fsp3) is 0.650. The Morgan fingerprint density at radius 1 is 1.20 bits per heavy atom. The first-order valence-electron chi connectivity index (χ1n) is 10.0. The minimum atomic E-state index is -4.85. The first kappa shape index (κ1) is 24.4. The number of halogens is 4. The largest absolute Gasteiger partial charge is 0.423 e. The number of amides is 1. The van der Waals surface area contributed by atoms with Crippen LogP contribution in [0.25, 0.3) is 0 Å². The zero-order chi connectivity index (χ0) is 21.2.